The minimum Gasteiger partial charge on any atom is -0.434 e. The Bertz CT molecular complexity index is 416. The molecule has 0 aromatic carbocycles. The second kappa shape index (κ2) is 5.38. The molecule has 0 aromatic rings. The lowest BCUT2D eigenvalue weighted by atomic mass is 9.72. The number of Topliss-reactive ketones (excluding diaryl/α,β-unsaturated/α-hetero) is 1. The van der Waals surface area contributed by atoms with Crippen molar-refractivity contribution in [3.63, 3.8) is 0 Å². The zero-order chi connectivity index (χ0) is 13.9. The van der Waals surface area contributed by atoms with Gasteiger partial charge in [0.15, 0.2) is 5.78 Å². The van der Waals surface area contributed by atoms with Crippen LogP contribution < -0.4 is 0 Å². The first-order valence-electron chi connectivity index (χ1n) is 6.08. The molecule has 4 nitrogen and oxygen atoms in total. The summed E-state index contributed by atoms with van der Waals surface area (Å²) in [7, 11) is 0. The molecule has 18 heavy (non-hydrogen) atoms. The molecule has 0 spiro atoms. The molecule has 0 saturated heterocycles. The molecule has 0 bridgehead atoms. The van der Waals surface area contributed by atoms with Gasteiger partial charge in [0, 0.05) is 12.0 Å². The van der Waals surface area contributed by atoms with Gasteiger partial charge < -0.3 is 9.47 Å². The summed E-state index contributed by atoms with van der Waals surface area (Å²) in [5.74, 6) is 0.293. The number of carbonyl (C=O) groups is 2. The average Bonchev–Trinajstić information content (AvgIpc) is 2.24. The Kier molecular flexibility index (Phi) is 4.33. The van der Waals surface area contributed by atoms with Crippen LogP contribution in [0.4, 0.5) is 4.79 Å². The van der Waals surface area contributed by atoms with Crippen molar-refractivity contribution in [2.24, 2.45) is 5.41 Å². The van der Waals surface area contributed by atoms with E-state index in [0.717, 1.165) is 6.42 Å². The summed E-state index contributed by atoms with van der Waals surface area (Å²) in [6.45, 7) is 11.5. The predicted octanol–water partition coefficient (Wildman–Crippen LogP) is 3.38. The van der Waals surface area contributed by atoms with Crippen molar-refractivity contribution in [1.29, 1.82) is 0 Å². The van der Waals surface area contributed by atoms with Crippen LogP contribution in [0.5, 0.6) is 0 Å². The van der Waals surface area contributed by atoms with E-state index in [1.807, 2.05) is 13.8 Å². The van der Waals surface area contributed by atoms with Gasteiger partial charge >= 0.3 is 6.16 Å². The van der Waals surface area contributed by atoms with Crippen LogP contribution in [0, 0.1) is 5.41 Å². The topological polar surface area (TPSA) is 52.6 Å². The first-order chi connectivity index (χ1) is 8.29. The minimum absolute atomic E-state index is 0.0814. The van der Waals surface area contributed by atoms with Crippen LogP contribution in [0.3, 0.4) is 0 Å². The molecule has 4 heteroatoms. The molecule has 0 atom stereocenters. The molecule has 0 amide bonds. The van der Waals surface area contributed by atoms with Gasteiger partial charge in [-0.05, 0) is 31.3 Å². The molecule has 0 unspecified atom stereocenters. The predicted molar refractivity (Wildman–Crippen MR) is 68.0 cm³/mol. The van der Waals surface area contributed by atoms with E-state index in [9.17, 15) is 9.59 Å². The summed E-state index contributed by atoms with van der Waals surface area (Å²) in [5, 5.41) is 0. The lowest BCUT2D eigenvalue weighted by Gasteiger charge is -2.33. The van der Waals surface area contributed by atoms with Crippen molar-refractivity contribution < 1.29 is 19.1 Å². The highest BCUT2D eigenvalue weighted by molar-refractivity contribution is 5.97. The van der Waals surface area contributed by atoms with Crippen molar-refractivity contribution in [3.05, 3.63) is 23.5 Å². The van der Waals surface area contributed by atoms with Gasteiger partial charge in [0.2, 0.25) is 0 Å². The quantitative estimate of drug-likeness (QED) is 0.570. The summed E-state index contributed by atoms with van der Waals surface area (Å²) in [6, 6.07) is 0. The molecule has 1 aliphatic rings. The number of allylic oxidation sites excluding steroid dienone is 2. The highest BCUT2D eigenvalue weighted by Crippen LogP contribution is 2.42. The number of hydrogen-bond donors (Lipinski definition) is 0. The highest BCUT2D eigenvalue weighted by Gasteiger charge is 2.35. The second-order valence-corrected chi connectivity index (χ2v) is 5.02. The van der Waals surface area contributed by atoms with Gasteiger partial charge in [-0.2, -0.15) is 0 Å². The highest BCUT2D eigenvalue weighted by atomic mass is 16.7. The zero-order valence-electron chi connectivity index (χ0n) is 11.5. The van der Waals surface area contributed by atoms with Crippen LogP contribution in [0.2, 0.25) is 0 Å². The first kappa shape index (κ1) is 14.5. The number of hydrogen-bond acceptors (Lipinski definition) is 4. The van der Waals surface area contributed by atoms with Gasteiger partial charge in [-0.3, -0.25) is 4.79 Å². The Morgan fingerprint density at radius 3 is 2.61 bits per heavy atom. The van der Waals surface area contributed by atoms with E-state index >= 15 is 0 Å². The van der Waals surface area contributed by atoms with Crippen molar-refractivity contribution in [1.82, 2.24) is 0 Å². The molecule has 0 fully saturated rings. The largest absolute Gasteiger partial charge is 0.513 e. The fourth-order valence-corrected chi connectivity index (χ4v) is 2.27. The molecule has 0 radical (unpaired) electrons. The Labute approximate surface area is 108 Å². The Hall–Kier alpha value is -1.58. The molecule has 0 N–H and O–H groups in total. The third kappa shape index (κ3) is 3.00. The summed E-state index contributed by atoms with van der Waals surface area (Å²) in [4.78, 5) is 23.0. The van der Waals surface area contributed by atoms with Crippen LogP contribution >= 0.6 is 0 Å². The minimum atomic E-state index is -0.781. The van der Waals surface area contributed by atoms with E-state index in [2.05, 4.69) is 6.58 Å². The van der Waals surface area contributed by atoms with E-state index in [-0.39, 0.29) is 23.6 Å². The molecule has 100 valence electrons. The number of ketones is 1. The molecule has 1 aliphatic carbocycles. The van der Waals surface area contributed by atoms with Gasteiger partial charge in [-0.15, -0.1) is 0 Å². The average molecular weight is 252 g/mol. The number of ether oxygens (including phenoxy) is 2. The summed E-state index contributed by atoms with van der Waals surface area (Å²) in [6.07, 6.45) is 0.468. The summed E-state index contributed by atoms with van der Waals surface area (Å²) < 4.78 is 9.72. The van der Waals surface area contributed by atoms with Crippen LogP contribution in [0.1, 0.15) is 40.5 Å². The third-order valence-electron chi connectivity index (χ3n) is 3.19. The molecule has 1 rings (SSSR count). The monoisotopic (exact) mass is 252 g/mol. The second-order valence-electron chi connectivity index (χ2n) is 5.02. The zero-order valence-corrected chi connectivity index (χ0v) is 11.5. The fraction of sp³-hybridized carbons (Fsp3) is 0.571. The van der Waals surface area contributed by atoms with E-state index in [4.69, 9.17) is 9.47 Å². The van der Waals surface area contributed by atoms with Crippen molar-refractivity contribution in [2.75, 3.05) is 6.61 Å². The van der Waals surface area contributed by atoms with E-state index in [1.165, 1.54) is 0 Å². The standard InChI is InChI=1S/C14H20O4/c1-6-17-13(16)18-10(3)12-9(2)11(15)7-8-14(12,4)5/h3,6-8H2,1-2,4-5H3. The normalized spacial score (nSPS) is 18.6. The van der Waals surface area contributed by atoms with Gasteiger partial charge in [0.1, 0.15) is 5.76 Å². The SMILES string of the molecule is C=C(OC(=O)OCC)C1=C(C)C(=O)CCC1(C)C. The van der Waals surface area contributed by atoms with Crippen LogP contribution in [-0.2, 0) is 14.3 Å². The Morgan fingerprint density at radius 2 is 2.06 bits per heavy atom. The molecule has 0 aromatic heterocycles. The van der Waals surface area contributed by atoms with Crippen LogP contribution in [0.15, 0.2) is 23.5 Å². The van der Waals surface area contributed by atoms with Crippen LogP contribution in [-0.4, -0.2) is 18.5 Å². The van der Waals surface area contributed by atoms with Gasteiger partial charge in [0.05, 0.1) is 6.61 Å². The summed E-state index contributed by atoms with van der Waals surface area (Å²) >= 11 is 0. The van der Waals surface area contributed by atoms with Crippen LogP contribution in [0.25, 0.3) is 0 Å². The first-order valence-corrected chi connectivity index (χ1v) is 6.08. The lowest BCUT2D eigenvalue weighted by Crippen LogP contribution is -2.27. The Morgan fingerprint density at radius 1 is 1.44 bits per heavy atom. The van der Waals surface area contributed by atoms with Crippen molar-refractivity contribution in [3.8, 4) is 0 Å². The molecule has 0 saturated carbocycles. The third-order valence-corrected chi connectivity index (χ3v) is 3.19. The molecular weight excluding hydrogens is 232 g/mol. The smallest absolute Gasteiger partial charge is 0.434 e. The van der Waals surface area contributed by atoms with E-state index in [1.54, 1.807) is 13.8 Å². The van der Waals surface area contributed by atoms with Gasteiger partial charge in [0.25, 0.3) is 0 Å². The van der Waals surface area contributed by atoms with Crippen molar-refractivity contribution in [2.45, 2.75) is 40.5 Å². The van der Waals surface area contributed by atoms with Gasteiger partial charge in [-0.1, -0.05) is 20.4 Å². The number of carbonyl (C=O) groups excluding carboxylic acids is 2. The molecule has 0 heterocycles. The maximum absolute atomic E-state index is 11.7. The maximum Gasteiger partial charge on any atom is 0.513 e. The lowest BCUT2D eigenvalue weighted by molar-refractivity contribution is -0.116. The molecule has 0 aliphatic heterocycles. The fourth-order valence-electron chi connectivity index (χ4n) is 2.27. The summed E-state index contributed by atoms with van der Waals surface area (Å²) in [5.41, 5.74) is 1.12. The maximum atomic E-state index is 11.7. The van der Waals surface area contributed by atoms with E-state index < -0.39 is 6.16 Å². The van der Waals surface area contributed by atoms with Gasteiger partial charge in [-0.25, -0.2) is 4.79 Å². The molecular formula is C14H20O4. The van der Waals surface area contributed by atoms with E-state index in [0.29, 0.717) is 17.6 Å². The number of rotatable bonds is 3. The van der Waals surface area contributed by atoms with Crippen molar-refractivity contribution >= 4 is 11.9 Å². The Balaban J connectivity index is 2.97.